The second kappa shape index (κ2) is 5.68. The lowest BCUT2D eigenvalue weighted by atomic mass is 10.3. The van der Waals surface area contributed by atoms with E-state index >= 15 is 0 Å². The molecular formula is C18H15Si. The van der Waals surface area contributed by atoms with Crippen LogP contribution in [0.5, 0.6) is 0 Å². The second-order valence-electron chi connectivity index (χ2n) is 3.61. The van der Waals surface area contributed by atoms with Crippen LogP contribution in [0.1, 0.15) is 16.4 Å². The highest BCUT2D eigenvalue weighted by molar-refractivity contribution is 6.95. The predicted molar refractivity (Wildman–Crippen MR) is 84.0 cm³/mol. The molecule has 91 valence electrons. The van der Waals surface area contributed by atoms with Gasteiger partial charge in [0, 0.05) is 0 Å². The van der Waals surface area contributed by atoms with Gasteiger partial charge < -0.3 is 0 Å². The monoisotopic (exact) mass is 271 g/mol. The Kier molecular flexibility index (Phi) is 1.33. The molecule has 1 radical (unpaired) electrons. The summed E-state index contributed by atoms with van der Waals surface area (Å²) in [6.07, 6.45) is 0. The van der Waals surface area contributed by atoms with Gasteiger partial charge in [-0.15, -0.1) is 0 Å². The molecule has 0 aliphatic heterocycles. The Morgan fingerprint density at radius 3 is 1.26 bits per heavy atom. The summed E-state index contributed by atoms with van der Waals surface area (Å²) in [6.45, 7) is 0. The van der Waals surface area contributed by atoms with Crippen molar-refractivity contribution in [3.8, 4) is 0 Å². The lowest BCUT2D eigenvalue weighted by Crippen LogP contribution is -2.51. The molecule has 0 spiro atoms. The second-order valence-corrected chi connectivity index (χ2v) is 5.97. The molecule has 0 heterocycles. The third-order valence-electron chi connectivity index (χ3n) is 2.45. The number of rotatable bonds is 3. The lowest BCUT2D eigenvalue weighted by Gasteiger charge is -2.16. The van der Waals surface area contributed by atoms with Crippen molar-refractivity contribution >= 4 is 24.4 Å². The highest BCUT2D eigenvalue weighted by atomic mass is 28.3. The fourth-order valence-corrected chi connectivity index (χ4v) is 3.76. The van der Waals surface area contributed by atoms with Crippen molar-refractivity contribution in [2.45, 2.75) is 0 Å². The van der Waals surface area contributed by atoms with Crippen molar-refractivity contribution in [2.24, 2.45) is 0 Å². The molecular weight excluding hydrogens is 244 g/mol. The maximum absolute atomic E-state index is 8.35. The smallest absolute Gasteiger partial charge is 0.0624 e. The standard InChI is InChI=1S/C18H15Si/c1-4-10-16(11-5-1)19(17-12-6-2-7-13-17)18-14-8-3-9-15-18/h1-15H/i1D,2D,3D,4D,5D,6D,7D,8D,9D,10D,12D,14D. The highest BCUT2D eigenvalue weighted by Crippen LogP contribution is 1.95. The van der Waals surface area contributed by atoms with Crippen LogP contribution in [-0.2, 0) is 0 Å². The van der Waals surface area contributed by atoms with Gasteiger partial charge in [0.1, 0.15) is 0 Å². The average Bonchev–Trinajstić information content (AvgIpc) is 2.74. The van der Waals surface area contributed by atoms with E-state index in [0.29, 0.717) is 0 Å². The van der Waals surface area contributed by atoms with Gasteiger partial charge in [0.2, 0.25) is 0 Å². The Hall–Kier alpha value is -2.12. The van der Waals surface area contributed by atoms with Crippen molar-refractivity contribution in [3.63, 3.8) is 0 Å². The summed E-state index contributed by atoms with van der Waals surface area (Å²) in [5.41, 5.74) is 0. The van der Waals surface area contributed by atoms with E-state index in [-0.39, 0.29) is 33.7 Å². The summed E-state index contributed by atoms with van der Waals surface area (Å²) < 4.78 is 96.4. The summed E-state index contributed by atoms with van der Waals surface area (Å²) >= 11 is 0. The molecule has 3 rings (SSSR count). The Labute approximate surface area is 132 Å². The molecule has 0 aliphatic carbocycles. The SMILES string of the molecule is [2H]c1cc([Si](c2cc([2H])c([2H])c([2H])c2[2H])c2cc([2H])c([2H])c([2H])c2[2H])c([2H])c([2H])c1[2H]. The van der Waals surface area contributed by atoms with Crippen LogP contribution in [0.15, 0.2) is 90.7 Å². The van der Waals surface area contributed by atoms with Gasteiger partial charge >= 0.3 is 0 Å². The van der Waals surface area contributed by atoms with Gasteiger partial charge in [-0.2, -0.15) is 0 Å². The van der Waals surface area contributed by atoms with Crippen LogP contribution in [-0.4, -0.2) is 8.80 Å². The van der Waals surface area contributed by atoms with Gasteiger partial charge in [-0.05, 0) is 0 Å². The van der Waals surface area contributed by atoms with E-state index in [1.165, 1.54) is 18.2 Å². The van der Waals surface area contributed by atoms with Crippen molar-refractivity contribution in [1.82, 2.24) is 0 Å². The number of hydrogen-bond acceptors (Lipinski definition) is 0. The third-order valence-corrected chi connectivity index (χ3v) is 4.88. The molecule has 0 bridgehead atoms. The van der Waals surface area contributed by atoms with Crippen molar-refractivity contribution in [2.75, 3.05) is 0 Å². The fourth-order valence-electron chi connectivity index (χ4n) is 1.68. The third kappa shape index (κ3) is 2.66. The molecule has 0 fully saturated rings. The van der Waals surface area contributed by atoms with E-state index in [0.717, 1.165) is 0 Å². The first kappa shape index (κ1) is 4.46. The van der Waals surface area contributed by atoms with Crippen molar-refractivity contribution in [3.05, 3.63) is 90.7 Å². The summed E-state index contributed by atoms with van der Waals surface area (Å²) in [5, 5.41) is 0.100. The van der Waals surface area contributed by atoms with E-state index in [9.17, 15) is 0 Å². The maximum atomic E-state index is 8.35. The van der Waals surface area contributed by atoms with Crippen molar-refractivity contribution in [1.29, 1.82) is 0 Å². The van der Waals surface area contributed by atoms with Crippen LogP contribution in [0.2, 0.25) is 0 Å². The van der Waals surface area contributed by atoms with E-state index in [2.05, 4.69) is 0 Å². The zero-order valence-electron chi connectivity index (χ0n) is 21.7. The Balaban J connectivity index is 2.50. The van der Waals surface area contributed by atoms with E-state index < -0.39 is 63.2 Å². The number of benzene rings is 3. The van der Waals surface area contributed by atoms with E-state index in [1.54, 1.807) is 0 Å². The molecule has 1 heteroatoms. The van der Waals surface area contributed by atoms with Crippen LogP contribution in [0.3, 0.4) is 0 Å². The highest BCUT2D eigenvalue weighted by Gasteiger charge is 2.18. The maximum Gasteiger partial charge on any atom is 0.154 e. The predicted octanol–water partition coefficient (Wildman–Crippen LogP) is 2.20. The minimum absolute atomic E-state index is 0.0334. The number of hydrogen-bond donors (Lipinski definition) is 0. The van der Waals surface area contributed by atoms with Crippen LogP contribution >= 0.6 is 0 Å². The summed E-state index contributed by atoms with van der Waals surface area (Å²) in [6, 6.07) is -1.87. The van der Waals surface area contributed by atoms with E-state index in [1.807, 2.05) is 0 Å². The lowest BCUT2D eigenvalue weighted by molar-refractivity contribution is 1.71. The molecule has 0 saturated carbocycles. The van der Waals surface area contributed by atoms with Gasteiger partial charge in [-0.1, -0.05) is 106 Å². The molecule has 3 aromatic carbocycles. The fraction of sp³-hybridized carbons (Fsp3) is 0. The minimum atomic E-state index is -2.68. The van der Waals surface area contributed by atoms with Crippen LogP contribution in [0.25, 0.3) is 0 Å². The largest absolute Gasteiger partial charge is 0.154 e. The van der Waals surface area contributed by atoms with Gasteiger partial charge in [-0.3, -0.25) is 0 Å². The molecule has 0 N–H and O–H groups in total. The van der Waals surface area contributed by atoms with Crippen LogP contribution in [0, 0.1) is 0 Å². The van der Waals surface area contributed by atoms with Crippen LogP contribution in [0.4, 0.5) is 0 Å². The normalized spacial score (nSPS) is 19.4. The average molecular weight is 271 g/mol. The first-order chi connectivity index (χ1) is 14.4. The van der Waals surface area contributed by atoms with Gasteiger partial charge in [0.25, 0.3) is 0 Å². The molecule has 0 aliphatic rings. The van der Waals surface area contributed by atoms with Crippen LogP contribution < -0.4 is 15.6 Å². The Morgan fingerprint density at radius 1 is 0.526 bits per heavy atom. The van der Waals surface area contributed by atoms with E-state index in [4.69, 9.17) is 16.4 Å². The van der Waals surface area contributed by atoms with Crippen molar-refractivity contribution < 1.29 is 16.4 Å². The van der Waals surface area contributed by atoms with Gasteiger partial charge in [0.05, 0.1) is 16.4 Å². The Bertz CT molecular complexity index is 1070. The topological polar surface area (TPSA) is 0 Å². The molecule has 0 nitrogen and oxygen atoms in total. The van der Waals surface area contributed by atoms with Gasteiger partial charge in [-0.25, -0.2) is 0 Å². The quantitative estimate of drug-likeness (QED) is 0.506. The summed E-state index contributed by atoms with van der Waals surface area (Å²) in [4.78, 5) is 0. The molecule has 19 heavy (non-hydrogen) atoms. The molecule has 3 aromatic rings. The first-order valence-electron chi connectivity index (χ1n) is 11.5. The molecule has 0 aromatic heterocycles. The Morgan fingerprint density at radius 2 is 0.895 bits per heavy atom. The summed E-state index contributed by atoms with van der Waals surface area (Å²) in [7, 11) is -2.68. The zero-order chi connectivity index (χ0) is 23.4. The first-order valence-corrected chi connectivity index (χ1v) is 6.98. The zero-order valence-corrected chi connectivity index (χ0v) is 10.7. The molecule has 0 atom stereocenters. The summed E-state index contributed by atoms with van der Waals surface area (Å²) in [5.74, 6) is 0. The molecule has 0 unspecified atom stereocenters. The van der Waals surface area contributed by atoms with Gasteiger partial charge in [0.15, 0.2) is 8.80 Å². The minimum Gasteiger partial charge on any atom is -0.0624 e. The molecule has 0 amide bonds. The molecule has 0 saturated heterocycles.